The van der Waals surface area contributed by atoms with E-state index in [0.717, 1.165) is 28.4 Å². The normalized spacial score (nSPS) is 50.5. The summed E-state index contributed by atoms with van der Waals surface area (Å²) >= 11 is 0. The predicted molar refractivity (Wildman–Crippen MR) is 261 cm³/mol. The maximum atomic E-state index is 11.8. The molecule has 0 radical (unpaired) electrons. The Bertz CT molecular complexity index is 1920. The van der Waals surface area contributed by atoms with Crippen LogP contribution >= 0.6 is 0 Å². The molecule has 84 heavy (non-hydrogen) atoms. The van der Waals surface area contributed by atoms with Crippen LogP contribution in [0.1, 0.15) is 0 Å². The van der Waals surface area contributed by atoms with Gasteiger partial charge in [0.25, 0.3) is 0 Å². The maximum Gasteiger partial charge on any atom is 0.187 e. The second kappa shape index (κ2) is 31.5. The summed E-state index contributed by atoms with van der Waals surface area (Å²) in [4.78, 5) is 0. The van der Waals surface area contributed by atoms with Gasteiger partial charge in [0.15, 0.2) is 44.0 Å². The van der Waals surface area contributed by atoms with Crippen molar-refractivity contribution in [2.75, 3.05) is 88.9 Å². The van der Waals surface area contributed by atoms with Gasteiger partial charge in [-0.15, -0.1) is 0 Å². The molecule has 35 atom stereocenters. The largest absolute Gasteiger partial charge is 0.394 e. The van der Waals surface area contributed by atoms with Crippen LogP contribution in [0.2, 0.25) is 0 Å². The average molecular weight is 1240 g/mol. The number of aliphatic hydroxyl groups excluding tert-OH is 17. The smallest absolute Gasteiger partial charge is 0.187 e. The van der Waals surface area contributed by atoms with Gasteiger partial charge >= 0.3 is 0 Å². The van der Waals surface area contributed by atoms with Crippen molar-refractivity contribution in [2.24, 2.45) is 0 Å². The van der Waals surface area contributed by atoms with Crippen molar-refractivity contribution in [1.82, 2.24) is 0 Å². The molecule has 17 N–H and O–H groups in total. The van der Waals surface area contributed by atoms with E-state index in [1.165, 1.54) is 14.2 Å². The van der Waals surface area contributed by atoms with Crippen LogP contribution in [0, 0.1) is 0 Å². The lowest BCUT2D eigenvalue weighted by atomic mass is 9.94. The van der Waals surface area contributed by atoms with Gasteiger partial charge in [-0.2, -0.15) is 0 Å². The third kappa shape index (κ3) is 14.3. The zero-order valence-electron chi connectivity index (χ0n) is 46.5. The van der Waals surface area contributed by atoms with Crippen molar-refractivity contribution >= 4 is 0 Å². The molecule has 0 aromatic heterocycles. The zero-order chi connectivity index (χ0) is 61.6. The Morgan fingerprint density at radius 1 is 0.214 bits per heavy atom. The highest BCUT2D eigenvalue weighted by Crippen LogP contribution is 2.39. The number of aliphatic hydroxyl groups is 17. The van der Waals surface area contributed by atoms with E-state index in [-0.39, 0.29) is 0 Å². The second-order valence-electron chi connectivity index (χ2n) is 20.8. The van der Waals surface area contributed by atoms with Crippen LogP contribution in [0.4, 0.5) is 0 Å². The van der Waals surface area contributed by atoms with Gasteiger partial charge in [0, 0.05) is 42.7 Å². The molecule has 7 fully saturated rings. The van der Waals surface area contributed by atoms with Gasteiger partial charge < -0.3 is 177 Å². The molecule has 0 amide bonds. The molecule has 0 spiro atoms. The van der Waals surface area contributed by atoms with Crippen molar-refractivity contribution in [3.63, 3.8) is 0 Å². The van der Waals surface area contributed by atoms with Gasteiger partial charge in [0.2, 0.25) is 0 Å². The lowest BCUT2D eigenvalue weighted by Gasteiger charge is -2.51. The summed E-state index contributed by atoms with van der Waals surface area (Å²) in [5.74, 6) is 0. The lowest BCUT2D eigenvalue weighted by molar-refractivity contribution is -0.400. The molecule has 7 rings (SSSR count). The van der Waals surface area contributed by atoms with Crippen molar-refractivity contribution in [1.29, 1.82) is 0 Å². The number of hydrogen-bond donors (Lipinski definition) is 17. The second-order valence-corrected chi connectivity index (χ2v) is 20.8. The molecular formula is C48H84O36. The fourth-order valence-electron chi connectivity index (χ4n) is 11.5. The van der Waals surface area contributed by atoms with Gasteiger partial charge in [-0.1, -0.05) is 0 Å². The first-order valence-electron chi connectivity index (χ1n) is 27.0. The minimum Gasteiger partial charge on any atom is -0.394 e. The Labute approximate surface area is 480 Å². The summed E-state index contributed by atoms with van der Waals surface area (Å²) in [6, 6.07) is 0. The molecule has 0 aliphatic carbocycles. The quantitative estimate of drug-likeness (QED) is 0.0404. The molecular weight excluding hydrogens is 1150 g/mol. The first kappa shape index (κ1) is 70.0. The molecule has 0 aromatic rings. The molecule has 7 aliphatic heterocycles. The van der Waals surface area contributed by atoms with Crippen LogP contribution in [0.3, 0.4) is 0 Å². The standard InChI is InChI=1S/C48H84O36/c1-66-36-24(59)42(65)72-15(8-50)30(36)80-44-26(61)38(68-3)32(17(10-52)75-44)82-46-28(63)40(70-5)34(19(12-54)77-46)84-48-29(64)41(71-6)35(20(13-55)78-48)83-47-27(62)39(69-4)33(18(11-53)76-47)81-45-25(60)37(67-2)31(16(9-51)74-45)79-43-23(58)22(57)21(56)14(7-49)73-43/h14-65H,7-13H2,1-6H3/t14-,15-,16-,17-,18-,19-,20-,21-,22+,23+,24+,25-,26+,27+,28+,29+,30-,31-,32-,33-,34-,35-,36-,37-,38-,39-,40-,41-,42?,43-,44-,45-,46-,47-,48-/m1/s1. The van der Waals surface area contributed by atoms with E-state index < -0.39 is 261 Å². The van der Waals surface area contributed by atoms with Crippen molar-refractivity contribution in [3.05, 3.63) is 0 Å². The van der Waals surface area contributed by atoms with Gasteiger partial charge in [0.05, 0.1) is 46.2 Å². The third-order valence-electron chi connectivity index (χ3n) is 16.0. The first-order chi connectivity index (χ1) is 40.2. The van der Waals surface area contributed by atoms with Crippen LogP contribution in [0.5, 0.6) is 0 Å². The van der Waals surface area contributed by atoms with Crippen molar-refractivity contribution < 1.29 is 177 Å². The van der Waals surface area contributed by atoms with E-state index in [2.05, 4.69) is 0 Å². The number of hydrogen-bond acceptors (Lipinski definition) is 36. The van der Waals surface area contributed by atoms with E-state index in [9.17, 15) is 86.8 Å². The van der Waals surface area contributed by atoms with Crippen LogP contribution in [-0.4, -0.2) is 391 Å². The van der Waals surface area contributed by atoms with E-state index in [1.807, 2.05) is 0 Å². The fraction of sp³-hybridized carbons (Fsp3) is 1.00. The summed E-state index contributed by atoms with van der Waals surface area (Å²) < 4.78 is 110. The molecule has 7 aliphatic rings. The highest BCUT2D eigenvalue weighted by Gasteiger charge is 2.59. The van der Waals surface area contributed by atoms with E-state index >= 15 is 0 Å². The SMILES string of the molecule is CO[C@@H]1[C@H](O)[C@@H](O[C@H]2[C@H](OC)[C@H](O)[C@@H](O[C@H]3[C@H](OC)[C@H](O)C(O)O[C@@H]3CO)O[C@@H]2CO)O[C@H](CO)[C@H]1O[C@H]1O[C@H](CO)[C@@H](O[C@H]2O[C@H](CO)[C@@H](O[C@H]3O[C@H](CO)[C@@H](O[C@H]4O[C@H](CO)[C@@H](O)[C@H](O)[C@@H]4O)[C@H](OC)[C@H]3O)[C@H](OC)[C@@H]2O)[C@H](OC)[C@@H]1O. The van der Waals surface area contributed by atoms with Crippen LogP contribution in [-0.2, 0) is 90.0 Å². The first-order valence-corrected chi connectivity index (χ1v) is 27.0. The molecule has 0 bridgehead atoms. The van der Waals surface area contributed by atoms with Crippen molar-refractivity contribution in [2.45, 2.75) is 215 Å². The fourth-order valence-corrected chi connectivity index (χ4v) is 11.5. The number of rotatable bonds is 25. The van der Waals surface area contributed by atoms with Crippen LogP contribution < -0.4 is 0 Å². The van der Waals surface area contributed by atoms with Gasteiger partial charge in [-0.05, 0) is 0 Å². The number of ether oxygens (including phenoxy) is 19. The summed E-state index contributed by atoms with van der Waals surface area (Å²) in [6.45, 7) is -5.79. The monoisotopic (exact) mass is 1240 g/mol. The molecule has 492 valence electrons. The highest BCUT2D eigenvalue weighted by atomic mass is 16.8. The van der Waals surface area contributed by atoms with Gasteiger partial charge in [-0.25, -0.2) is 0 Å². The van der Waals surface area contributed by atoms with Crippen LogP contribution in [0.15, 0.2) is 0 Å². The Morgan fingerprint density at radius 2 is 0.405 bits per heavy atom. The Hall–Kier alpha value is -1.44. The summed E-state index contributed by atoms with van der Waals surface area (Å²) in [5, 5.41) is 183. The van der Waals surface area contributed by atoms with E-state index in [0.29, 0.717) is 0 Å². The molecule has 36 nitrogen and oxygen atoms in total. The third-order valence-corrected chi connectivity index (χ3v) is 16.0. The zero-order valence-corrected chi connectivity index (χ0v) is 46.5. The molecule has 0 saturated carbocycles. The Morgan fingerprint density at radius 3 is 0.619 bits per heavy atom. The molecule has 7 heterocycles. The summed E-state index contributed by atoms with van der Waals surface area (Å²) in [7, 11) is 6.99. The Kier molecular flexibility index (Phi) is 26.3. The molecule has 0 aromatic carbocycles. The lowest BCUT2D eigenvalue weighted by Crippen LogP contribution is -2.69. The molecule has 36 heteroatoms. The van der Waals surface area contributed by atoms with Crippen molar-refractivity contribution in [3.8, 4) is 0 Å². The van der Waals surface area contributed by atoms with Crippen LogP contribution in [0.25, 0.3) is 0 Å². The summed E-state index contributed by atoms with van der Waals surface area (Å²) in [5.41, 5.74) is 0. The predicted octanol–water partition coefficient (Wildman–Crippen LogP) is -12.4. The topological polar surface area (TPSA) is 519 Å². The number of methoxy groups -OCH3 is 6. The van der Waals surface area contributed by atoms with E-state index in [1.54, 1.807) is 0 Å². The van der Waals surface area contributed by atoms with Gasteiger partial charge in [0.1, 0.15) is 171 Å². The summed E-state index contributed by atoms with van der Waals surface area (Å²) in [6.07, 6.45) is -56.2. The van der Waals surface area contributed by atoms with Gasteiger partial charge in [-0.3, -0.25) is 0 Å². The molecule has 7 saturated heterocycles. The highest BCUT2D eigenvalue weighted by molar-refractivity contribution is 5.02. The minimum absolute atomic E-state index is 0.727. The molecule has 1 unspecified atom stereocenters. The minimum atomic E-state index is -1.88. The Balaban J connectivity index is 1.00. The van der Waals surface area contributed by atoms with E-state index in [4.69, 9.17) is 90.0 Å². The maximum absolute atomic E-state index is 11.8. The average Bonchev–Trinajstić information content (AvgIpc) is 1.83.